The Labute approximate surface area is 128 Å². The molecule has 1 fully saturated rings. The summed E-state index contributed by atoms with van der Waals surface area (Å²) < 4.78 is 5.73. The second-order valence-corrected chi connectivity index (χ2v) is 7.49. The maximum Gasteiger partial charge on any atom is 0.338 e. The zero-order valence-electron chi connectivity index (χ0n) is 14.0. The minimum absolute atomic E-state index is 0.0877. The Morgan fingerprint density at radius 3 is 2.29 bits per heavy atom. The lowest BCUT2D eigenvalue weighted by Crippen LogP contribution is -2.20. The highest BCUT2D eigenvalue weighted by atomic mass is 16.5. The van der Waals surface area contributed by atoms with E-state index in [1.807, 2.05) is 24.3 Å². The minimum Gasteiger partial charge on any atom is -0.458 e. The molecule has 3 unspecified atom stereocenters. The third kappa shape index (κ3) is 3.87. The first-order valence-electron chi connectivity index (χ1n) is 8.12. The molecule has 2 heteroatoms. The molecule has 1 aliphatic carbocycles. The maximum atomic E-state index is 12.3. The molecule has 1 saturated carbocycles. The van der Waals surface area contributed by atoms with Crippen molar-refractivity contribution in [2.24, 2.45) is 11.8 Å². The number of hydrogen-bond donors (Lipinski definition) is 0. The highest BCUT2D eigenvalue weighted by Crippen LogP contribution is 2.35. The molecular weight excluding hydrogens is 260 g/mol. The van der Waals surface area contributed by atoms with E-state index in [0.29, 0.717) is 17.4 Å². The molecule has 116 valence electrons. The van der Waals surface area contributed by atoms with Crippen molar-refractivity contribution in [2.75, 3.05) is 0 Å². The standard InChI is InChI=1S/C19H28O2/c1-6-14-11-13(2)17(12-14)21-18(20)15-7-9-16(10-8-15)19(3,4)5/h7-10,13-14,17H,6,11-12H2,1-5H3. The fourth-order valence-corrected chi connectivity index (χ4v) is 3.14. The number of benzene rings is 1. The Balaban J connectivity index is 2.01. The third-order valence-electron chi connectivity index (χ3n) is 4.73. The van der Waals surface area contributed by atoms with Crippen molar-refractivity contribution >= 4 is 5.97 Å². The average molecular weight is 288 g/mol. The monoisotopic (exact) mass is 288 g/mol. The second-order valence-electron chi connectivity index (χ2n) is 7.49. The van der Waals surface area contributed by atoms with Crippen molar-refractivity contribution in [3.05, 3.63) is 35.4 Å². The van der Waals surface area contributed by atoms with Gasteiger partial charge in [0, 0.05) is 0 Å². The van der Waals surface area contributed by atoms with Crippen molar-refractivity contribution in [1.29, 1.82) is 0 Å². The van der Waals surface area contributed by atoms with Crippen molar-refractivity contribution in [3.63, 3.8) is 0 Å². The van der Waals surface area contributed by atoms with Crippen molar-refractivity contribution in [2.45, 2.75) is 65.4 Å². The smallest absolute Gasteiger partial charge is 0.338 e. The summed E-state index contributed by atoms with van der Waals surface area (Å²) >= 11 is 0. The van der Waals surface area contributed by atoms with Gasteiger partial charge in [0.1, 0.15) is 6.10 Å². The van der Waals surface area contributed by atoms with Crippen LogP contribution in [-0.2, 0) is 10.2 Å². The number of esters is 1. The van der Waals surface area contributed by atoms with Gasteiger partial charge in [-0.25, -0.2) is 4.79 Å². The van der Waals surface area contributed by atoms with Crippen LogP contribution in [0.4, 0.5) is 0 Å². The number of hydrogen-bond acceptors (Lipinski definition) is 2. The highest BCUT2D eigenvalue weighted by Gasteiger charge is 2.33. The van der Waals surface area contributed by atoms with Gasteiger partial charge in [0.2, 0.25) is 0 Å². The van der Waals surface area contributed by atoms with Crippen LogP contribution >= 0.6 is 0 Å². The predicted molar refractivity (Wildman–Crippen MR) is 86.5 cm³/mol. The SMILES string of the molecule is CCC1CC(C)C(OC(=O)c2ccc(C(C)(C)C)cc2)C1. The summed E-state index contributed by atoms with van der Waals surface area (Å²) in [5.41, 5.74) is 2.01. The molecule has 0 aliphatic heterocycles. The molecule has 1 aromatic rings. The van der Waals surface area contributed by atoms with E-state index in [1.165, 1.54) is 18.4 Å². The van der Waals surface area contributed by atoms with E-state index in [-0.39, 0.29) is 17.5 Å². The van der Waals surface area contributed by atoms with Crippen LogP contribution in [0.1, 0.15) is 69.8 Å². The summed E-state index contributed by atoms with van der Waals surface area (Å²) in [6.07, 6.45) is 3.46. The van der Waals surface area contributed by atoms with E-state index in [4.69, 9.17) is 4.74 Å². The molecule has 1 aliphatic rings. The van der Waals surface area contributed by atoms with Gasteiger partial charge in [0.15, 0.2) is 0 Å². The van der Waals surface area contributed by atoms with Crippen LogP contribution < -0.4 is 0 Å². The van der Waals surface area contributed by atoms with Gasteiger partial charge >= 0.3 is 5.97 Å². The zero-order valence-corrected chi connectivity index (χ0v) is 14.0. The molecule has 0 aromatic heterocycles. The maximum absolute atomic E-state index is 12.3. The Hall–Kier alpha value is -1.31. The Morgan fingerprint density at radius 1 is 1.19 bits per heavy atom. The van der Waals surface area contributed by atoms with Crippen molar-refractivity contribution in [3.8, 4) is 0 Å². The van der Waals surface area contributed by atoms with Gasteiger partial charge in [0.25, 0.3) is 0 Å². The topological polar surface area (TPSA) is 26.3 Å². The van der Waals surface area contributed by atoms with Gasteiger partial charge in [-0.2, -0.15) is 0 Å². The third-order valence-corrected chi connectivity index (χ3v) is 4.73. The van der Waals surface area contributed by atoms with Gasteiger partial charge in [0.05, 0.1) is 5.56 Å². The van der Waals surface area contributed by atoms with E-state index in [0.717, 1.165) is 6.42 Å². The summed E-state index contributed by atoms with van der Waals surface area (Å²) in [4.78, 5) is 12.3. The lowest BCUT2D eigenvalue weighted by atomic mass is 9.87. The zero-order chi connectivity index (χ0) is 15.6. The Bertz CT molecular complexity index is 481. The van der Waals surface area contributed by atoms with Gasteiger partial charge in [-0.15, -0.1) is 0 Å². The van der Waals surface area contributed by atoms with Gasteiger partial charge < -0.3 is 4.74 Å². The molecule has 0 spiro atoms. The average Bonchev–Trinajstić information content (AvgIpc) is 2.78. The molecule has 21 heavy (non-hydrogen) atoms. The first-order chi connectivity index (χ1) is 9.81. The summed E-state index contributed by atoms with van der Waals surface area (Å²) in [5.74, 6) is 1.01. The lowest BCUT2D eigenvalue weighted by molar-refractivity contribution is 0.0220. The molecule has 0 heterocycles. The summed E-state index contributed by atoms with van der Waals surface area (Å²) in [6, 6.07) is 7.84. The van der Waals surface area contributed by atoms with Gasteiger partial charge in [-0.05, 0) is 47.8 Å². The number of carbonyl (C=O) groups is 1. The van der Waals surface area contributed by atoms with Crippen LogP contribution in [0.3, 0.4) is 0 Å². The molecule has 0 N–H and O–H groups in total. The lowest BCUT2D eigenvalue weighted by Gasteiger charge is -2.20. The van der Waals surface area contributed by atoms with Crippen LogP contribution in [-0.4, -0.2) is 12.1 Å². The van der Waals surface area contributed by atoms with Crippen molar-refractivity contribution in [1.82, 2.24) is 0 Å². The van der Waals surface area contributed by atoms with E-state index in [1.54, 1.807) is 0 Å². The largest absolute Gasteiger partial charge is 0.458 e. The highest BCUT2D eigenvalue weighted by molar-refractivity contribution is 5.89. The second kappa shape index (κ2) is 6.21. The predicted octanol–water partition coefficient (Wildman–Crippen LogP) is 4.97. The molecule has 2 nitrogen and oxygen atoms in total. The molecule has 3 atom stereocenters. The van der Waals surface area contributed by atoms with Crippen LogP contribution in [0.2, 0.25) is 0 Å². The molecule has 0 saturated heterocycles. The molecule has 0 radical (unpaired) electrons. The molecule has 0 amide bonds. The fraction of sp³-hybridized carbons (Fsp3) is 0.632. The molecule has 0 bridgehead atoms. The molecule has 2 rings (SSSR count). The van der Waals surface area contributed by atoms with Crippen LogP contribution in [0.15, 0.2) is 24.3 Å². The number of rotatable bonds is 3. The minimum atomic E-state index is -0.177. The first kappa shape index (κ1) is 16.1. The fourth-order valence-electron chi connectivity index (χ4n) is 3.14. The van der Waals surface area contributed by atoms with Crippen molar-refractivity contribution < 1.29 is 9.53 Å². The molecular formula is C19H28O2. The van der Waals surface area contributed by atoms with E-state index in [9.17, 15) is 4.79 Å². The van der Waals surface area contributed by atoms with E-state index < -0.39 is 0 Å². The van der Waals surface area contributed by atoms with E-state index in [2.05, 4.69) is 34.6 Å². The summed E-state index contributed by atoms with van der Waals surface area (Å²) in [5, 5.41) is 0. The number of ether oxygens (including phenoxy) is 1. The normalized spacial score (nSPS) is 25.9. The van der Waals surface area contributed by atoms with Gasteiger partial charge in [-0.3, -0.25) is 0 Å². The van der Waals surface area contributed by atoms with Gasteiger partial charge in [-0.1, -0.05) is 53.2 Å². The van der Waals surface area contributed by atoms with Crippen LogP contribution in [0, 0.1) is 11.8 Å². The number of carbonyl (C=O) groups excluding carboxylic acids is 1. The Kier molecular flexibility index (Phi) is 4.75. The Morgan fingerprint density at radius 2 is 1.81 bits per heavy atom. The van der Waals surface area contributed by atoms with Crippen LogP contribution in [0.5, 0.6) is 0 Å². The molecule has 1 aromatic carbocycles. The summed E-state index contributed by atoms with van der Waals surface area (Å²) in [7, 11) is 0. The first-order valence-corrected chi connectivity index (χ1v) is 8.12. The summed E-state index contributed by atoms with van der Waals surface area (Å²) in [6.45, 7) is 10.9. The van der Waals surface area contributed by atoms with E-state index >= 15 is 0 Å². The van der Waals surface area contributed by atoms with Crippen LogP contribution in [0.25, 0.3) is 0 Å². The quantitative estimate of drug-likeness (QED) is 0.734.